The van der Waals surface area contributed by atoms with Crippen LogP contribution in [0, 0.1) is 6.92 Å². The number of H-pyrrole nitrogens is 1. The minimum absolute atomic E-state index is 0.346. The number of aryl methyl sites for hydroxylation is 2. The van der Waals surface area contributed by atoms with E-state index in [1.54, 1.807) is 6.20 Å². The number of hydrogen-bond donors (Lipinski definition) is 1. The summed E-state index contributed by atoms with van der Waals surface area (Å²) in [5, 5.41) is 1.13. The lowest BCUT2D eigenvalue weighted by molar-refractivity contribution is 0.0519. The van der Waals surface area contributed by atoms with Crippen LogP contribution in [-0.4, -0.2) is 35.8 Å². The zero-order chi connectivity index (χ0) is 17.1. The molecule has 2 aromatic heterocycles. The van der Waals surface area contributed by atoms with Crippen molar-refractivity contribution in [2.75, 3.05) is 19.8 Å². The summed E-state index contributed by atoms with van der Waals surface area (Å²) in [5.41, 5.74) is 4.92. The predicted octanol–water partition coefficient (Wildman–Crippen LogP) is 3.89. The Balaban J connectivity index is 2.04. The lowest BCUT2D eigenvalue weighted by Gasteiger charge is -2.23. The number of carbonyl (C=O) groups excluding carboxylic acids is 1. The Morgan fingerprint density at radius 3 is 3.00 bits per heavy atom. The van der Waals surface area contributed by atoms with Gasteiger partial charge in [0, 0.05) is 23.6 Å². The molecule has 0 aliphatic heterocycles. The van der Waals surface area contributed by atoms with Gasteiger partial charge in [-0.05, 0) is 50.7 Å². The van der Waals surface area contributed by atoms with Crippen LogP contribution in [0.4, 0.5) is 0 Å². The average molecular weight is 330 g/mol. The van der Waals surface area contributed by atoms with Gasteiger partial charge >= 0.3 is 5.97 Å². The highest BCUT2D eigenvalue weighted by atomic mass is 16.5. The van der Waals surface area contributed by atoms with Crippen molar-refractivity contribution in [3.05, 3.63) is 28.7 Å². The molecule has 0 saturated heterocycles. The molecular formula is C19H26N2O3. The maximum Gasteiger partial charge on any atom is 0.357 e. The van der Waals surface area contributed by atoms with Crippen molar-refractivity contribution in [3.63, 3.8) is 0 Å². The average Bonchev–Trinajstić information content (AvgIpc) is 2.95. The Labute approximate surface area is 142 Å². The van der Waals surface area contributed by atoms with Crippen LogP contribution in [0.3, 0.4) is 0 Å². The summed E-state index contributed by atoms with van der Waals surface area (Å²) in [6.45, 7) is 7.79. The van der Waals surface area contributed by atoms with E-state index in [2.05, 4.69) is 16.9 Å². The van der Waals surface area contributed by atoms with Crippen LogP contribution in [0.1, 0.15) is 66.3 Å². The first-order chi connectivity index (χ1) is 11.7. The molecule has 5 nitrogen and oxygen atoms in total. The molecule has 0 spiro atoms. The van der Waals surface area contributed by atoms with Crippen molar-refractivity contribution >= 4 is 16.9 Å². The number of fused-ring (bicyclic) bond motifs is 3. The van der Waals surface area contributed by atoms with Crippen molar-refractivity contribution in [1.82, 2.24) is 9.97 Å². The van der Waals surface area contributed by atoms with E-state index in [1.807, 2.05) is 13.8 Å². The number of carbonyl (C=O) groups is 1. The fourth-order valence-electron chi connectivity index (χ4n) is 3.69. The molecule has 1 N–H and O–H groups in total. The van der Waals surface area contributed by atoms with Crippen LogP contribution < -0.4 is 0 Å². The molecule has 0 amide bonds. The second-order valence-electron chi connectivity index (χ2n) is 6.42. The van der Waals surface area contributed by atoms with Crippen LogP contribution in [0.5, 0.6) is 0 Å². The van der Waals surface area contributed by atoms with Crippen molar-refractivity contribution < 1.29 is 14.3 Å². The van der Waals surface area contributed by atoms with E-state index in [1.165, 1.54) is 11.3 Å². The van der Waals surface area contributed by atoms with Crippen LogP contribution in [0.25, 0.3) is 10.9 Å². The molecule has 3 rings (SSSR count). The lowest BCUT2D eigenvalue weighted by Crippen LogP contribution is -2.15. The van der Waals surface area contributed by atoms with Crippen molar-refractivity contribution in [1.29, 1.82) is 0 Å². The molecule has 0 fully saturated rings. The minimum atomic E-state index is -0.346. The first-order valence-corrected chi connectivity index (χ1v) is 8.92. The molecule has 1 atom stereocenters. The monoisotopic (exact) mass is 330 g/mol. The Bertz CT molecular complexity index is 736. The zero-order valence-electron chi connectivity index (χ0n) is 14.8. The molecule has 1 unspecified atom stereocenters. The quantitative estimate of drug-likeness (QED) is 0.644. The van der Waals surface area contributed by atoms with E-state index in [4.69, 9.17) is 9.47 Å². The molecule has 24 heavy (non-hydrogen) atoms. The van der Waals surface area contributed by atoms with Crippen molar-refractivity contribution in [2.24, 2.45) is 0 Å². The number of nitrogens with zero attached hydrogens (tertiary/aromatic N) is 1. The zero-order valence-corrected chi connectivity index (χ0v) is 14.8. The molecular weight excluding hydrogens is 304 g/mol. The molecule has 1 aliphatic carbocycles. The first-order valence-electron chi connectivity index (χ1n) is 8.92. The number of aromatic amines is 1. The Morgan fingerprint density at radius 2 is 2.25 bits per heavy atom. The van der Waals surface area contributed by atoms with E-state index >= 15 is 0 Å². The highest BCUT2D eigenvalue weighted by Gasteiger charge is 2.27. The maximum atomic E-state index is 12.2. The summed E-state index contributed by atoms with van der Waals surface area (Å²) in [6, 6.07) is 0. The lowest BCUT2D eigenvalue weighted by atomic mass is 9.84. The minimum Gasteiger partial charge on any atom is -0.461 e. The smallest absolute Gasteiger partial charge is 0.357 e. The van der Waals surface area contributed by atoms with Gasteiger partial charge in [-0.1, -0.05) is 6.92 Å². The van der Waals surface area contributed by atoms with Gasteiger partial charge in [-0.15, -0.1) is 0 Å². The van der Waals surface area contributed by atoms with Gasteiger partial charge < -0.3 is 14.5 Å². The normalized spacial score (nSPS) is 17.0. The maximum absolute atomic E-state index is 12.2. The summed E-state index contributed by atoms with van der Waals surface area (Å²) < 4.78 is 11.0. The molecule has 0 saturated carbocycles. The second kappa shape index (κ2) is 7.34. The Morgan fingerprint density at radius 1 is 1.42 bits per heavy atom. The summed E-state index contributed by atoms with van der Waals surface area (Å²) in [4.78, 5) is 20.0. The number of hydrogen-bond acceptors (Lipinski definition) is 4. The predicted molar refractivity (Wildman–Crippen MR) is 93.6 cm³/mol. The Hall–Kier alpha value is -1.88. The third-order valence-corrected chi connectivity index (χ3v) is 4.73. The fraction of sp³-hybridized carbons (Fsp3) is 0.579. The van der Waals surface area contributed by atoms with E-state index in [0.717, 1.165) is 55.4 Å². The van der Waals surface area contributed by atoms with E-state index < -0.39 is 0 Å². The second-order valence-corrected chi connectivity index (χ2v) is 6.42. The van der Waals surface area contributed by atoms with E-state index in [0.29, 0.717) is 18.2 Å². The number of ether oxygens (including phenoxy) is 2. The third kappa shape index (κ3) is 3.05. The summed E-state index contributed by atoms with van der Waals surface area (Å²) in [5.74, 6) is 0.0339. The fourth-order valence-corrected chi connectivity index (χ4v) is 3.69. The van der Waals surface area contributed by atoms with Gasteiger partial charge in [0.2, 0.25) is 0 Å². The van der Waals surface area contributed by atoms with Gasteiger partial charge in [0.05, 0.1) is 24.9 Å². The number of esters is 1. The van der Waals surface area contributed by atoms with Gasteiger partial charge in [0.1, 0.15) is 0 Å². The van der Waals surface area contributed by atoms with Crippen LogP contribution in [0.15, 0.2) is 6.20 Å². The highest BCUT2D eigenvalue weighted by molar-refractivity contribution is 5.97. The molecule has 1 aliphatic rings. The molecule has 0 aromatic carbocycles. The summed E-state index contributed by atoms with van der Waals surface area (Å²) in [7, 11) is 0. The third-order valence-electron chi connectivity index (χ3n) is 4.73. The van der Waals surface area contributed by atoms with Crippen LogP contribution >= 0.6 is 0 Å². The van der Waals surface area contributed by atoms with Gasteiger partial charge in [-0.3, -0.25) is 0 Å². The van der Waals surface area contributed by atoms with Gasteiger partial charge in [-0.25, -0.2) is 9.78 Å². The molecule has 5 heteroatoms. The topological polar surface area (TPSA) is 64.2 Å². The Kier molecular flexibility index (Phi) is 5.19. The number of rotatable bonds is 6. The number of pyridine rings is 1. The van der Waals surface area contributed by atoms with E-state index in [-0.39, 0.29) is 5.97 Å². The largest absolute Gasteiger partial charge is 0.461 e. The SMILES string of the molecule is CCCOCC1CCCc2[nH]c3cnc(C(=O)OCC)c(C)c3c21. The van der Waals surface area contributed by atoms with Gasteiger partial charge in [0.25, 0.3) is 0 Å². The molecule has 0 radical (unpaired) electrons. The molecule has 2 heterocycles. The van der Waals surface area contributed by atoms with Gasteiger partial charge in [0.15, 0.2) is 5.69 Å². The van der Waals surface area contributed by atoms with E-state index in [9.17, 15) is 4.79 Å². The van der Waals surface area contributed by atoms with Gasteiger partial charge in [-0.2, -0.15) is 0 Å². The summed E-state index contributed by atoms with van der Waals surface area (Å²) in [6.07, 6.45) is 6.13. The van der Waals surface area contributed by atoms with Crippen LogP contribution in [0.2, 0.25) is 0 Å². The van der Waals surface area contributed by atoms with Crippen molar-refractivity contribution in [3.8, 4) is 0 Å². The first kappa shape index (κ1) is 17.0. The summed E-state index contributed by atoms with van der Waals surface area (Å²) >= 11 is 0. The molecule has 0 bridgehead atoms. The number of aromatic nitrogens is 2. The molecule has 130 valence electrons. The number of nitrogens with one attached hydrogen (secondary N) is 1. The van der Waals surface area contributed by atoms with Crippen molar-refractivity contribution in [2.45, 2.75) is 52.4 Å². The highest BCUT2D eigenvalue weighted by Crippen LogP contribution is 2.39. The molecule has 2 aromatic rings. The van der Waals surface area contributed by atoms with Crippen LogP contribution in [-0.2, 0) is 15.9 Å². The standard InChI is InChI=1S/C19H26N2O3/c1-4-9-23-11-13-7-6-8-14-17(13)16-12(3)18(19(22)24-5-2)20-10-15(16)21-14/h10,13,21H,4-9,11H2,1-3H3.